The Morgan fingerprint density at radius 3 is 2.16 bits per heavy atom. The molecule has 0 aliphatic rings. The van der Waals surface area contributed by atoms with Gasteiger partial charge in [-0.25, -0.2) is 21.6 Å². The lowest BCUT2D eigenvalue weighted by molar-refractivity contribution is 0.102. The predicted octanol–water partition coefficient (Wildman–Crippen LogP) is 2.96. The predicted molar refractivity (Wildman–Crippen MR) is 119 cm³/mol. The van der Waals surface area contributed by atoms with Gasteiger partial charge in [0.05, 0.1) is 9.79 Å². The number of sulfonamides is 2. The first-order valence-corrected chi connectivity index (χ1v) is 12.1. The minimum atomic E-state index is -3.80. The molecule has 31 heavy (non-hydrogen) atoms. The average Bonchev–Trinajstić information content (AvgIpc) is 2.75. The standard InChI is InChI=1S/C21H21N3O5S2/c1-15-11-12-17(14-20(15)31(28,29)22-2)23-21(25)16-7-6-8-18(13-16)24-30(26,27)19-9-4-3-5-10-19/h3-14,22,24H,1-2H3,(H,23,25). The molecule has 0 aliphatic heterocycles. The molecule has 0 radical (unpaired) electrons. The Labute approximate surface area is 181 Å². The SMILES string of the molecule is CNS(=O)(=O)c1cc(NC(=O)c2cccc(NS(=O)(=O)c3ccccc3)c2)ccc1C. The molecule has 0 unspecified atom stereocenters. The number of anilines is 2. The van der Waals surface area contributed by atoms with Gasteiger partial charge < -0.3 is 5.32 Å². The Morgan fingerprint density at radius 1 is 0.774 bits per heavy atom. The van der Waals surface area contributed by atoms with E-state index in [1.807, 2.05) is 0 Å². The molecule has 0 fully saturated rings. The summed E-state index contributed by atoms with van der Waals surface area (Å²) in [5, 5.41) is 2.64. The zero-order valence-corrected chi connectivity index (χ0v) is 18.4. The van der Waals surface area contributed by atoms with Crippen molar-refractivity contribution in [2.45, 2.75) is 16.7 Å². The maximum absolute atomic E-state index is 12.7. The summed E-state index contributed by atoms with van der Waals surface area (Å²) >= 11 is 0. The van der Waals surface area contributed by atoms with Crippen molar-refractivity contribution in [2.75, 3.05) is 17.1 Å². The van der Waals surface area contributed by atoms with Crippen molar-refractivity contribution in [1.29, 1.82) is 0 Å². The fraction of sp³-hybridized carbons (Fsp3) is 0.0952. The van der Waals surface area contributed by atoms with Gasteiger partial charge in [0, 0.05) is 16.9 Å². The fourth-order valence-corrected chi connectivity index (χ4v) is 4.88. The van der Waals surface area contributed by atoms with Crippen LogP contribution in [0, 0.1) is 6.92 Å². The number of amides is 1. The summed E-state index contributed by atoms with van der Waals surface area (Å²) in [6.45, 7) is 1.65. The lowest BCUT2D eigenvalue weighted by Crippen LogP contribution is -2.20. The monoisotopic (exact) mass is 459 g/mol. The van der Waals surface area contributed by atoms with Crippen molar-refractivity contribution in [3.8, 4) is 0 Å². The topological polar surface area (TPSA) is 121 Å². The van der Waals surface area contributed by atoms with Gasteiger partial charge in [0.2, 0.25) is 10.0 Å². The maximum atomic E-state index is 12.7. The average molecular weight is 460 g/mol. The number of hydrogen-bond donors (Lipinski definition) is 3. The Bertz CT molecular complexity index is 1320. The molecule has 3 aromatic rings. The van der Waals surface area contributed by atoms with E-state index >= 15 is 0 Å². The lowest BCUT2D eigenvalue weighted by Gasteiger charge is -2.12. The zero-order chi connectivity index (χ0) is 22.6. The highest BCUT2D eigenvalue weighted by Gasteiger charge is 2.17. The highest BCUT2D eigenvalue weighted by molar-refractivity contribution is 7.92. The van der Waals surface area contributed by atoms with Gasteiger partial charge >= 0.3 is 0 Å². The molecule has 3 rings (SSSR count). The molecule has 0 saturated heterocycles. The van der Waals surface area contributed by atoms with Crippen molar-refractivity contribution in [3.63, 3.8) is 0 Å². The van der Waals surface area contributed by atoms with Crippen molar-refractivity contribution >= 4 is 37.3 Å². The van der Waals surface area contributed by atoms with E-state index in [9.17, 15) is 21.6 Å². The first kappa shape index (κ1) is 22.5. The molecule has 0 saturated carbocycles. The van der Waals surface area contributed by atoms with E-state index in [0.29, 0.717) is 11.3 Å². The van der Waals surface area contributed by atoms with Crippen LogP contribution in [0.1, 0.15) is 15.9 Å². The molecule has 162 valence electrons. The van der Waals surface area contributed by atoms with E-state index < -0.39 is 26.0 Å². The van der Waals surface area contributed by atoms with E-state index in [4.69, 9.17) is 0 Å². The highest BCUT2D eigenvalue weighted by atomic mass is 32.2. The van der Waals surface area contributed by atoms with E-state index in [1.165, 1.54) is 43.4 Å². The Hall–Kier alpha value is -3.21. The lowest BCUT2D eigenvalue weighted by atomic mass is 10.1. The van der Waals surface area contributed by atoms with Gasteiger partial charge in [0.1, 0.15) is 0 Å². The smallest absolute Gasteiger partial charge is 0.261 e. The zero-order valence-electron chi connectivity index (χ0n) is 16.8. The van der Waals surface area contributed by atoms with E-state index in [-0.39, 0.29) is 21.0 Å². The van der Waals surface area contributed by atoms with Gasteiger partial charge in [0.15, 0.2) is 0 Å². The summed E-state index contributed by atoms with van der Waals surface area (Å²) in [7, 11) is -6.18. The molecule has 8 nitrogen and oxygen atoms in total. The first-order chi connectivity index (χ1) is 14.6. The summed E-state index contributed by atoms with van der Waals surface area (Å²) in [6, 6.07) is 18.4. The highest BCUT2D eigenvalue weighted by Crippen LogP contribution is 2.22. The number of carbonyl (C=O) groups excluding carboxylic acids is 1. The van der Waals surface area contributed by atoms with Gasteiger partial charge in [-0.2, -0.15) is 0 Å². The van der Waals surface area contributed by atoms with Crippen molar-refractivity contribution in [1.82, 2.24) is 4.72 Å². The third-order valence-electron chi connectivity index (χ3n) is 4.43. The molecule has 10 heteroatoms. The maximum Gasteiger partial charge on any atom is 0.261 e. The summed E-state index contributed by atoms with van der Waals surface area (Å²) in [5.74, 6) is -0.516. The Balaban J connectivity index is 1.82. The molecule has 0 atom stereocenters. The fourth-order valence-electron chi connectivity index (χ4n) is 2.82. The molecule has 0 bridgehead atoms. The van der Waals surface area contributed by atoms with Crippen LogP contribution < -0.4 is 14.8 Å². The second-order valence-corrected chi connectivity index (χ2v) is 10.2. The summed E-state index contributed by atoms with van der Waals surface area (Å²) in [4.78, 5) is 12.8. The molecule has 1 amide bonds. The van der Waals surface area contributed by atoms with Crippen molar-refractivity contribution in [2.24, 2.45) is 0 Å². The van der Waals surface area contributed by atoms with Crippen LogP contribution in [-0.4, -0.2) is 29.8 Å². The van der Waals surface area contributed by atoms with E-state index in [0.717, 1.165) is 0 Å². The van der Waals surface area contributed by atoms with Crippen molar-refractivity contribution in [3.05, 3.63) is 83.9 Å². The molecule has 0 aliphatic carbocycles. The Kier molecular flexibility index (Phi) is 6.44. The van der Waals surface area contributed by atoms with Gasteiger partial charge in [-0.3, -0.25) is 9.52 Å². The number of rotatable bonds is 7. The second-order valence-electron chi connectivity index (χ2n) is 6.64. The molecule has 0 aromatic heterocycles. The number of aryl methyl sites for hydroxylation is 1. The molecular formula is C21H21N3O5S2. The van der Waals surface area contributed by atoms with Crippen LogP contribution in [0.4, 0.5) is 11.4 Å². The van der Waals surface area contributed by atoms with Crippen LogP contribution in [0.25, 0.3) is 0 Å². The minimum absolute atomic E-state index is 0.0529. The third kappa shape index (κ3) is 5.29. The summed E-state index contributed by atoms with van der Waals surface area (Å²) in [6.07, 6.45) is 0. The second kappa shape index (κ2) is 8.88. The van der Waals surface area contributed by atoms with Gasteiger partial charge in [0.25, 0.3) is 15.9 Å². The normalized spacial score (nSPS) is 11.7. The van der Waals surface area contributed by atoms with Crippen LogP contribution >= 0.6 is 0 Å². The Morgan fingerprint density at radius 2 is 1.48 bits per heavy atom. The quantitative estimate of drug-likeness (QED) is 0.502. The largest absolute Gasteiger partial charge is 0.322 e. The van der Waals surface area contributed by atoms with Crippen LogP contribution in [-0.2, 0) is 20.0 Å². The molecule has 3 aromatic carbocycles. The van der Waals surface area contributed by atoms with Crippen LogP contribution in [0.15, 0.2) is 82.6 Å². The number of carbonyl (C=O) groups is 1. The molecular weight excluding hydrogens is 438 g/mol. The van der Waals surface area contributed by atoms with Gasteiger partial charge in [-0.05, 0) is 62.0 Å². The summed E-state index contributed by atoms with van der Waals surface area (Å²) < 4.78 is 53.9. The number of nitrogens with one attached hydrogen (secondary N) is 3. The number of hydrogen-bond acceptors (Lipinski definition) is 5. The van der Waals surface area contributed by atoms with Crippen molar-refractivity contribution < 1.29 is 21.6 Å². The van der Waals surface area contributed by atoms with Crippen LogP contribution in [0.5, 0.6) is 0 Å². The van der Waals surface area contributed by atoms with Crippen LogP contribution in [0.2, 0.25) is 0 Å². The molecule has 3 N–H and O–H groups in total. The van der Waals surface area contributed by atoms with E-state index in [2.05, 4.69) is 14.8 Å². The first-order valence-electron chi connectivity index (χ1n) is 9.16. The van der Waals surface area contributed by atoms with Gasteiger partial charge in [-0.1, -0.05) is 30.3 Å². The minimum Gasteiger partial charge on any atom is -0.322 e. The van der Waals surface area contributed by atoms with Gasteiger partial charge in [-0.15, -0.1) is 0 Å². The van der Waals surface area contributed by atoms with E-state index in [1.54, 1.807) is 43.3 Å². The molecule has 0 heterocycles. The van der Waals surface area contributed by atoms with Crippen LogP contribution in [0.3, 0.4) is 0 Å². The summed E-state index contributed by atoms with van der Waals surface area (Å²) in [5.41, 5.74) is 1.25. The number of benzene rings is 3. The third-order valence-corrected chi connectivity index (χ3v) is 7.39. The molecule has 0 spiro atoms.